The highest BCUT2D eigenvalue weighted by molar-refractivity contribution is 9.12. The number of nitriles is 1. The van der Waals surface area contributed by atoms with Crippen LogP contribution in [0.15, 0.2) is 35.3 Å². The number of halogens is 1. The third kappa shape index (κ3) is 2.71. The number of rotatable bonds is 2. The number of nitrogens with zero attached hydrogens (tertiary/aromatic N) is 1. The van der Waals surface area contributed by atoms with Gasteiger partial charge in [0.15, 0.2) is 0 Å². The number of nitrogens with one attached hydrogen (secondary N) is 1. The van der Waals surface area contributed by atoms with Gasteiger partial charge in [-0.05, 0) is 34.1 Å². The fourth-order valence-corrected chi connectivity index (χ4v) is 0.965. The number of hydrogen-bond acceptors (Lipinski definition) is 2. The van der Waals surface area contributed by atoms with Crippen LogP contribution in [0.4, 0.5) is 5.69 Å². The smallest absolute Gasteiger partial charge is 0.262 e. The van der Waals surface area contributed by atoms with Crippen LogP contribution >= 0.6 is 15.9 Å². The number of carbonyl (C=O) groups is 1. The van der Waals surface area contributed by atoms with E-state index in [1.54, 1.807) is 24.3 Å². The largest absolute Gasteiger partial charge is 0.322 e. The second kappa shape index (κ2) is 4.58. The van der Waals surface area contributed by atoms with Gasteiger partial charge < -0.3 is 5.32 Å². The van der Waals surface area contributed by atoms with E-state index >= 15 is 0 Å². The Morgan fingerprint density at radius 2 is 2.29 bits per heavy atom. The molecule has 14 heavy (non-hydrogen) atoms. The Bertz CT molecular complexity index is 420. The van der Waals surface area contributed by atoms with Crippen molar-refractivity contribution in [1.82, 2.24) is 0 Å². The topological polar surface area (TPSA) is 52.9 Å². The third-order valence-corrected chi connectivity index (χ3v) is 1.86. The number of anilines is 1. The molecule has 4 heteroatoms. The summed E-state index contributed by atoms with van der Waals surface area (Å²) in [6, 6.07) is 8.64. The van der Waals surface area contributed by atoms with Gasteiger partial charge in [-0.3, -0.25) is 4.79 Å². The summed E-state index contributed by atoms with van der Waals surface area (Å²) in [5, 5.41) is 11.2. The maximum atomic E-state index is 11.2. The van der Waals surface area contributed by atoms with Crippen molar-refractivity contribution in [2.45, 2.75) is 0 Å². The van der Waals surface area contributed by atoms with Crippen LogP contribution in [0.5, 0.6) is 0 Å². The summed E-state index contributed by atoms with van der Waals surface area (Å²) in [5.74, 6) is -0.319. The number of carbonyl (C=O) groups excluding carboxylic acids is 1. The molecule has 1 aromatic carbocycles. The average Bonchev–Trinajstić information content (AvgIpc) is 2.18. The zero-order chi connectivity index (χ0) is 10.6. The van der Waals surface area contributed by atoms with Crippen LogP contribution < -0.4 is 5.32 Å². The summed E-state index contributed by atoms with van der Waals surface area (Å²) in [6.45, 7) is 3.43. The molecule has 0 aliphatic rings. The predicted molar refractivity (Wildman–Crippen MR) is 57.9 cm³/mol. The first kappa shape index (κ1) is 10.5. The zero-order valence-electron chi connectivity index (χ0n) is 7.25. The van der Waals surface area contributed by atoms with Crippen LogP contribution in [0, 0.1) is 11.3 Å². The van der Waals surface area contributed by atoms with E-state index in [4.69, 9.17) is 5.26 Å². The summed E-state index contributed by atoms with van der Waals surface area (Å²) in [5.41, 5.74) is 1.08. The van der Waals surface area contributed by atoms with Crippen molar-refractivity contribution in [3.05, 3.63) is 40.9 Å². The van der Waals surface area contributed by atoms with Crippen molar-refractivity contribution < 1.29 is 4.79 Å². The number of benzene rings is 1. The molecule has 0 atom stereocenters. The molecule has 0 aromatic heterocycles. The molecule has 1 rings (SSSR count). The van der Waals surface area contributed by atoms with Gasteiger partial charge >= 0.3 is 0 Å². The summed E-state index contributed by atoms with van der Waals surface area (Å²) in [4.78, 5) is 11.2. The highest BCUT2D eigenvalue weighted by Crippen LogP contribution is 2.12. The Labute approximate surface area is 90.2 Å². The first-order valence-electron chi connectivity index (χ1n) is 3.79. The van der Waals surface area contributed by atoms with Crippen LogP contribution in [-0.4, -0.2) is 5.91 Å². The standard InChI is InChI=1S/C10H7BrN2O/c1-7(11)10(14)13-9-4-2-3-8(5-9)6-12/h2-5H,1H2,(H,13,14). The second-order valence-corrected chi connectivity index (χ2v) is 3.51. The maximum Gasteiger partial charge on any atom is 0.262 e. The molecule has 0 radical (unpaired) electrons. The summed E-state index contributed by atoms with van der Waals surface area (Å²) in [6.07, 6.45) is 0. The zero-order valence-corrected chi connectivity index (χ0v) is 8.84. The highest BCUT2D eigenvalue weighted by Gasteiger charge is 2.03. The Kier molecular flexibility index (Phi) is 3.43. The van der Waals surface area contributed by atoms with Crippen molar-refractivity contribution in [3.8, 4) is 6.07 Å². The average molecular weight is 251 g/mol. The number of amides is 1. The molecular weight excluding hydrogens is 244 g/mol. The van der Waals surface area contributed by atoms with Crippen LogP contribution in [0.2, 0.25) is 0 Å². The molecule has 3 nitrogen and oxygen atoms in total. The fraction of sp³-hybridized carbons (Fsp3) is 0. The van der Waals surface area contributed by atoms with E-state index in [1.807, 2.05) is 6.07 Å². The molecule has 0 aliphatic carbocycles. The van der Waals surface area contributed by atoms with E-state index in [0.29, 0.717) is 11.3 Å². The quantitative estimate of drug-likeness (QED) is 0.820. The second-order valence-electron chi connectivity index (χ2n) is 2.55. The highest BCUT2D eigenvalue weighted by atomic mass is 79.9. The van der Waals surface area contributed by atoms with Crippen LogP contribution in [0.3, 0.4) is 0 Å². The number of hydrogen-bond donors (Lipinski definition) is 1. The van der Waals surface area contributed by atoms with Gasteiger partial charge in [0.1, 0.15) is 0 Å². The summed E-state index contributed by atoms with van der Waals surface area (Å²) >= 11 is 2.96. The monoisotopic (exact) mass is 250 g/mol. The van der Waals surface area contributed by atoms with E-state index in [2.05, 4.69) is 27.8 Å². The molecule has 0 heterocycles. The van der Waals surface area contributed by atoms with Gasteiger partial charge in [-0.1, -0.05) is 12.6 Å². The lowest BCUT2D eigenvalue weighted by molar-refractivity contribution is -0.112. The van der Waals surface area contributed by atoms with E-state index in [9.17, 15) is 4.79 Å². The molecule has 1 N–H and O–H groups in total. The Morgan fingerprint density at radius 3 is 2.86 bits per heavy atom. The van der Waals surface area contributed by atoms with Crippen LogP contribution in [0.1, 0.15) is 5.56 Å². The molecule has 0 fully saturated rings. The fourth-order valence-electron chi connectivity index (χ4n) is 0.865. The summed E-state index contributed by atoms with van der Waals surface area (Å²) < 4.78 is 0.250. The van der Waals surface area contributed by atoms with E-state index in [-0.39, 0.29) is 10.4 Å². The van der Waals surface area contributed by atoms with Crippen molar-refractivity contribution in [3.63, 3.8) is 0 Å². The SMILES string of the molecule is C=C(Br)C(=O)Nc1cccc(C#N)c1. The minimum absolute atomic E-state index is 0.250. The van der Waals surface area contributed by atoms with Gasteiger partial charge in [-0.15, -0.1) is 0 Å². The van der Waals surface area contributed by atoms with Gasteiger partial charge in [0, 0.05) is 5.69 Å². The maximum absolute atomic E-state index is 11.2. The van der Waals surface area contributed by atoms with E-state index < -0.39 is 0 Å². The van der Waals surface area contributed by atoms with E-state index in [1.165, 1.54) is 0 Å². The van der Waals surface area contributed by atoms with Gasteiger partial charge in [0.25, 0.3) is 5.91 Å². The minimum atomic E-state index is -0.319. The molecule has 0 bridgehead atoms. The Morgan fingerprint density at radius 1 is 1.57 bits per heavy atom. The molecule has 1 amide bonds. The van der Waals surface area contributed by atoms with E-state index in [0.717, 1.165) is 0 Å². The molecule has 0 saturated carbocycles. The van der Waals surface area contributed by atoms with Crippen LogP contribution in [-0.2, 0) is 4.79 Å². The Balaban J connectivity index is 2.83. The molecule has 1 aromatic rings. The Hall–Kier alpha value is -1.60. The third-order valence-electron chi connectivity index (χ3n) is 1.50. The first-order valence-corrected chi connectivity index (χ1v) is 4.58. The van der Waals surface area contributed by atoms with Crippen LogP contribution in [0.25, 0.3) is 0 Å². The predicted octanol–water partition coefficient (Wildman–Crippen LogP) is 2.41. The van der Waals surface area contributed by atoms with Crippen molar-refractivity contribution in [2.75, 3.05) is 5.32 Å². The lowest BCUT2D eigenvalue weighted by Crippen LogP contribution is -2.10. The van der Waals surface area contributed by atoms with Crippen molar-refractivity contribution in [2.24, 2.45) is 0 Å². The van der Waals surface area contributed by atoms with Crippen molar-refractivity contribution >= 4 is 27.5 Å². The van der Waals surface area contributed by atoms with Gasteiger partial charge in [-0.25, -0.2) is 0 Å². The molecule has 0 spiro atoms. The summed E-state index contributed by atoms with van der Waals surface area (Å²) in [7, 11) is 0. The van der Waals surface area contributed by atoms with Crippen molar-refractivity contribution in [1.29, 1.82) is 5.26 Å². The molecule has 0 aliphatic heterocycles. The lowest BCUT2D eigenvalue weighted by atomic mass is 10.2. The minimum Gasteiger partial charge on any atom is -0.322 e. The normalized spacial score (nSPS) is 8.86. The molecular formula is C10H7BrN2O. The lowest BCUT2D eigenvalue weighted by Gasteiger charge is -2.03. The molecule has 0 unspecified atom stereocenters. The van der Waals surface area contributed by atoms with Gasteiger partial charge in [0.2, 0.25) is 0 Å². The van der Waals surface area contributed by atoms with Gasteiger partial charge in [0.05, 0.1) is 16.1 Å². The van der Waals surface area contributed by atoms with Gasteiger partial charge in [-0.2, -0.15) is 5.26 Å². The first-order chi connectivity index (χ1) is 6.63. The molecule has 0 saturated heterocycles. The molecule has 70 valence electrons.